The summed E-state index contributed by atoms with van der Waals surface area (Å²) in [5.74, 6) is 0. The molecular formula is C9H10ClF3N2. The summed E-state index contributed by atoms with van der Waals surface area (Å²) in [6, 6.07) is 2.43. The lowest BCUT2D eigenvalue weighted by Crippen LogP contribution is -2.15. The Balaban J connectivity index is 2.54. The number of hydrogen-bond donors (Lipinski definition) is 1. The van der Waals surface area contributed by atoms with E-state index in [9.17, 15) is 13.2 Å². The minimum atomic E-state index is -4.17. The molecule has 0 fully saturated rings. The van der Waals surface area contributed by atoms with Crippen LogP contribution in [0, 0.1) is 0 Å². The molecule has 0 aromatic carbocycles. The van der Waals surface area contributed by atoms with Crippen molar-refractivity contribution in [2.75, 3.05) is 0 Å². The Labute approximate surface area is 90.3 Å². The van der Waals surface area contributed by atoms with Crippen LogP contribution in [0.1, 0.15) is 24.4 Å². The summed E-state index contributed by atoms with van der Waals surface area (Å²) in [5.41, 5.74) is 6.13. The van der Waals surface area contributed by atoms with Gasteiger partial charge in [-0.1, -0.05) is 17.7 Å². The van der Waals surface area contributed by atoms with E-state index >= 15 is 0 Å². The zero-order valence-electron chi connectivity index (χ0n) is 7.76. The largest absolute Gasteiger partial charge is 0.389 e. The highest BCUT2D eigenvalue weighted by atomic mass is 35.5. The zero-order valence-corrected chi connectivity index (χ0v) is 8.52. The highest BCUT2D eigenvalue weighted by molar-refractivity contribution is 6.29. The number of aromatic nitrogens is 1. The van der Waals surface area contributed by atoms with Gasteiger partial charge in [0.2, 0.25) is 0 Å². The van der Waals surface area contributed by atoms with Crippen molar-refractivity contribution in [2.45, 2.75) is 25.1 Å². The summed E-state index contributed by atoms with van der Waals surface area (Å²) in [5, 5.41) is 0.293. The fraction of sp³-hybridized carbons (Fsp3) is 0.444. The molecule has 84 valence electrons. The van der Waals surface area contributed by atoms with Crippen LogP contribution in [0.25, 0.3) is 0 Å². The van der Waals surface area contributed by atoms with E-state index in [0.717, 1.165) is 0 Å². The van der Waals surface area contributed by atoms with Gasteiger partial charge in [-0.15, -0.1) is 0 Å². The molecule has 1 aromatic rings. The Morgan fingerprint density at radius 1 is 1.40 bits per heavy atom. The van der Waals surface area contributed by atoms with Crippen molar-refractivity contribution in [3.63, 3.8) is 0 Å². The summed E-state index contributed by atoms with van der Waals surface area (Å²) in [6.07, 6.45) is -3.82. The van der Waals surface area contributed by atoms with Crippen molar-refractivity contribution >= 4 is 11.6 Å². The Morgan fingerprint density at radius 3 is 2.53 bits per heavy atom. The second kappa shape index (κ2) is 4.81. The number of nitrogens with two attached hydrogens (primary N) is 1. The average Bonchev–Trinajstić information content (AvgIpc) is 2.14. The van der Waals surface area contributed by atoms with Crippen LogP contribution in [0.4, 0.5) is 13.2 Å². The van der Waals surface area contributed by atoms with Crippen molar-refractivity contribution in [1.29, 1.82) is 0 Å². The van der Waals surface area contributed by atoms with Gasteiger partial charge >= 0.3 is 6.18 Å². The van der Waals surface area contributed by atoms with Gasteiger partial charge in [0.05, 0.1) is 0 Å². The molecule has 2 nitrogen and oxygen atoms in total. The second-order valence-electron chi connectivity index (χ2n) is 3.17. The number of pyridine rings is 1. The third-order valence-electron chi connectivity index (χ3n) is 1.92. The summed E-state index contributed by atoms with van der Waals surface area (Å²) < 4.78 is 35.7. The lowest BCUT2D eigenvalue weighted by molar-refractivity contribution is -0.136. The van der Waals surface area contributed by atoms with E-state index in [1.807, 2.05) is 0 Å². The predicted octanol–water partition coefficient (Wildman–Crippen LogP) is 3.08. The average molecular weight is 239 g/mol. The highest BCUT2D eigenvalue weighted by Gasteiger charge is 2.27. The van der Waals surface area contributed by atoms with E-state index in [1.165, 1.54) is 12.3 Å². The first-order valence-electron chi connectivity index (χ1n) is 4.32. The van der Waals surface area contributed by atoms with Crippen LogP contribution in [-0.4, -0.2) is 11.2 Å². The first-order chi connectivity index (χ1) is 6.88. The van der Waals surface area contributed by atoms with Gasteiger partial charge in [-0.2, -0.15) is 13.2 Å². The van der Waals surface area contributed by atoms with E-state index in [-0.39, 0.29) is 6.42 Å². The third kappa shape index (κ3) is 4.48. The fourth-order valence-electron chi connectivity index (χ4n) is 1.09. The Morgan fingerprint density at radius 2 is 2.07 bits per heavy atom. The first kappa shape index (κ1) is 12.3. The molecular weight excluding hydrogens is 229 g/mol. The third-order valence-corrected chi connectivity index (χ3v) is 2.14. The lowest BCUT2D eigenvalue weighted by atomic mass is 10.1. The Kier molecular flexibility index (Phi) is 3.93. The van der Waals surface area contributed by atoms with E-state index in [1.54, 1.807) is 6.07 Å². The van der Waals surface area contributed by atoms with Crippen molar-refractivity contribution in [3.05, 3.63) is 29.0 Å². The fourth-order valence-corrected chi connectivity index (χ4v) is 1.20. The van der Waals surface area contributed by atoms with Gasteiger partial charge in [0, 0.05) is 18.7 Å². The van der Waals surface area contributed by atoms with Crippen molar-refractivity contribution in [2.24, 2.45) is 5.73 Å². The van der Waals surface area contributed by atoms with Gasteiger partial charge in [-0.05, 0) is 18.1 Å². The van der Waals surface area contributed by atoms with E-state index in [4.69, 9.17) is 17.3 Å². The minimum Gasteiger partial charge on any atom is -0.324 e. The van der Waals surface area contributed by atoms with Gasteiger partial charge in [0.1, 0.15) is 5.15 Å². The molecule has 1 aromatic heterocycles. The molecule has 0 spiro atoms. The standard InChI is InChI=1S/C9H10ClF3N2/c10-8-2-1-6(5-15-8)7(14)3-4-9(11,12)13/h1-2,5,7H,3-4,14H2/t7-/m0/s1. The summed E-state index contributed by atoms with van der Waals surface area (Å²) in [4.78, 5) is 3.75. The molecule has 0 aliphatic heterocycles. The topological polar surface area (TPSA) is 38.9 Å². The molecule has 1 heterocycles. The van der Waals surface area contributed by atoms with Crippen LogP contribution in [0.15, 0.2) is 18.3 Å². The summed E-state index contributed by atoms with van der Waals surface area (Å²) in [6.45, 7) is 0. The van der Waals surface area contributed by atoms with Crippen LogP contribution in [0.3, 0.4) is 0 Å². The molecule has 15 heavy (non-hydrogen) atoms. The molecule has 0 aliphatic rings. The van der Waals surface area contributed by atoms with Crippen LogP contribution in [0.2, 0.25) is 5.15 Å². The maximum absolute atomic E-state index is 11.9. The van der Waals surface area contributed by atoms with E-state index in [2.05, 4.69) is 4.98 Å². The molecule has 0 aliphatic carbocycles. The maximum Gasteiger partial charge on any atom is 0.389 e. The number of halogens is 4. The molecule has 1 atom stereocenters. The number of alkyl halides is 3. The van der Waals surface area contributed by atoms with Crippen LogP contribution in [0.5, 0.6) is 0 Å². The quantitative estimate of drug-likeness (QED) is 0.822. The lowest BCUT2D eigenvalue weighted by Gasteiger charge is -2.12. The smallest absolute Gasteiger partial charge is 0.324 e. The van der Waals surface area contributed by atoms with Gasteiger partial charge in [-0.25, -0.2) is 4.98 Å². The first-order valence-corrected chi connectivity index (χ1v) is 4.70. The number of hydrogen-bond acceptors (Lipinski definition) is 2. The summed E-state index contributed by atoms with van der Waals surface area (Å²) in [7, 11) is 0. The van der Waals surface area contributed by atoms with Crippen molar-refractivity contribution < 1.29 is 13.2 Å². The predicted molar refractivity (Wildman–Crippen MR) is 51.5 cm³/mol. The molecule has 2 N–H and O–H groups in total. The van der Waals surface area contributed by atoms with Crippen LogP contribution < -0.4 is 5.73 Å². The minimum absolute atomic E-state index is 0.146. The molecule has 1 rings (SSSR count). The zero-order chi connectivity index (χ0) is 11.5. The van der Waals surface area contributed by atoms with Gasteiger partial charge in [0.15, 0.2) is 0 Å². The number of rotatable bonds is 3. The monoisotopic (exact) mass is 238 g/mol. The molecule has 0 bridgehead atoms. The molecule has 0 saturated carbocycles. The van der Waals surface area contributed by atoms with E-state index < -0.39 is 18.6 Å². The molecule has 0 saturated heterocycles. The molecule has 6 heteroatoms. The highest BCUT2D eigenvalue weighted by Crippen LogP contribution is 2.26. The second-order valence-corrected chi connectivity index (χ2v) is 3.56. The van der Waals surface area contributed by atoms with Crippen molar-refractivity contribution in [1.82, 2.24) is 4.98 Å². The molecule has 0 unspecified atom stereocenters. The molecule has 0 radical (unpaired) electrons. The van der Waals surface area contributed by atoms with Crippen LogP contribution in [-0.2, 0) is 0 Å². The van der Waals surface area contributed by atoms with Gasteiger partial charge in [-0.3, -0.25) is 0 Å². The van der Waals surface area contributed by atoms with E-state index in [0.29, 0.717) is 10.7 Å². The number of nitrogens with zero attached hydrogens (tertiary/aromatic N) is 1. The van der Waals surface area contributed by atoms with Gasteiger partial charge in [0.25, 0.3) is 0 Å². The van der Waals surface area contributed by atoms with Crippen molar-refractivity contribution in [3.8, 4) is 0 Å². The maximum atomic E-state index is 11.9. The molecule has 0 amide bonds. The Hall–Kier alpha value is -0.810. The van der Waals surface area contributed by atoms with Gasteiger partial charge < -0.3 is 5.73 Å². The SMILES string of the molecule is N[C@@H](CCC(F)(F)F)c1ccc(Cl)nc1. The van der Waals surface area contributed by atoms with Crippen LogP contribution >= 0.6 is 11.6 Å². The normalized spacial score (nSPS) is 13.9. The Bertz CT molecular complexity index is 310. The summed E-state index contributed by atoms with van der Waals surface area (Å²) >= 11 is 5.53.